The van der Waals surface area contributed by atoms with Gasteiger partial charge in [0.15, 0.2) is 4.34 Å². The second-order valence-electron chi connectivity index (χ2n) is 2.16. The smallest absolute Gasteiger partial charge is 0.266 e. The molecular formula is C6H3BrN4OS2. The number of aromatic nitrogens is 4. The molecule has 0 spiro atoms. The standard InChI is InChI=1S/C6H3BrN4OS2/c7-3-4(12)8-1-9-5(3)14-6-11-10-2-13-6/h1-2H,(H,8,9,12). The molecule has 1 N–H and O–H groups in total. The first-order chi connectivity index (χ1) is 6.77. The fourth-order valence-electron chi connectivity index (χ4n) is 0.728. The van der Waals surface area contributed by atoms with Crippen molar-refractivity contribution in [2.75, 3.05) is 0 Å². The van der Waals surface area contributed by atoms with E-state index in [0.717, 1.165) is 4.34 Å². The zero-order valence-electron chi connectivity index (χ0n) is 6.60. The summed E-state index contributed by atoms with van der Waals surface area (Å²) in [6.45, 7) is 0. The largest absolute Gasteiger partial charge is 0.312 e. The summed E-state index contributed by atoms with van der Waals surface area (Å²) in [4.78, 5) is 17.7. The molecule has 2 aromatic rings. The highest BCUT2D eigenvalue weighted by molar-refractivity contribution is 9.10. The molecule has 0 radical (unpaired) electrons. The molecule has 5 nitrogen and oxygen atoms in total. The third-order valence-electron chi connectivity index (χ3n) is 1.29. The summed E-state index contributed by atoms with van der Waals surface area (Å²) >= 11 is 5.86. The summed E-state index contributed by atoms with van der Waals surface area (Å²) in [6, 6.07) is 0. The van der Waals surface area contributed by atoms with Crippen molar-refractivity contribution >= 4 is 39.0 Å². The first-order valence-electron chi connectivity index (χ1n) is 3.44. The Morgan fingerprint density at radius 3 is 3.14 bits per heavy atom. The molecule has 2 aromatic heterocycles. The molecule has 0 atom stereocenters. The molecule has 0 aliphatic rings. The molecule has 0 aliphatic carbocycles. The third-order valence-corrected chi connectivity index (χ3v) is 4.07. The summed E-state index contributed by atoms with van der Waals surface area (Å²) in [5.74, 6) is 0. The third kappa shape index (κ3) is 2.02. The summed E-state index contributed by atoms with van der Waals surface area (Å²) in [7, 11) is 0. The van der Waals surface area contributed by atoms with E-state index in [1.54, 1.807) is 5.51 Å². The number of nitrogens with zero attached hydrogens (tertiary/aromatic N) is 3. The van der Waals surface area contributed by atoms with Gasteiger partial charge in [0.25, 0.3) is 5.56 Å². The van der Waals surface area contributed by atoms with E-state index in [0.29, 0.717) is 9.50 Å². The van der Waals surface area contributed by atoms with Gasteiger partial charge in [0.1, 0.15) is 15.0 Å². The van der Waals surface area contributed by atoms with Gasteiger partial charge in [-0.1, -0.05) is 11.3 Å². The number of H-pyrrole nitrogens is 1. The Morgan fingerprint density at radius 2 is 2.43 bits per heavy atom. The molecule has 8 heteroatoms. The van der Waals surface area contributed by atoms with Crippen LogP contribution in [0.2, 0.25) is 0 Å². The number of hydrogen-bond acceptors (Lipinski definition) is 6. The number of nitrogens with one attached hydrogen (secondary N) is 1. The predicted molar refractivity (Wildman–Crippen MR) is 56.6 cm³/mol. The van der Waals surface area contributed by atoms with Gasteiger partial charge in [-0.3, -0.25) is 4.79 Å². The van der Waals surface area contributed by atoms with E-state index in [1.807, 2.05) is 0 Å². The van der Waals surface area contributed by atoms with Crippen LogP contribution in [0.25, 0.3) is 0 Å². The second-order valence-corrected chi connectivity index (χ2v) is 5.02. The summed E-state index contributed by atoms with van der Waals surface area (Å²) < 4.78 is 1.17. The van der Waals surface area contributed by atoms with Gasteiger partial charge in [-0.25, -0.2) is 4.98 Å². The summed E-state index contributed by atoms with van der Waals surface area (Å²) in [6.07, 6.45) is 1.36. The molecule has 72 valence electrons. The van der Waals surface area contributed by atoms with Crippen LogP contribution in [0.3, 0.4) is 0 Å². The number of rotatable bonds is 2. The topological polar surface area (TPSA) is 71.5 Å². The highest BCUT2D eigenvalue weighted by Gasteiger charge is 2.08. The lowest BCUT2D eigenvalue weighted by Gasteiger charge is -1.96. The summed E-state index contributed by atoms with van der Waals surface area (Å²) in [5, 5.41) is 8.12. The van der Waals surface area contributed by atoms with E-state index >= 15 is 0 Å². The van der Waals surface area contributed by atoms with Gasteiger partial charge < -0.3 is 4.98 Å². The van der Waals surface area contributed by atoms with Gasteiger partial charge >= 0.3 is 0 Å². The van der Waals surface area contributed by atoms with Crippen LogP contribution < -0.4 is 5.56 Å². The van der Waals surface area contributed by atoms with Crippen molar-refractivity contribution in [2.45, 2.75) is 9.37 Å². The van der Waals surface area contributed by atoms with E-state index in [2.05, 4.69) is 36.1 Å². The Morgan fingerprint density at radius 1 is 1.57 bits per heavy atom. The van der Waals surface area contributed by atoms with E-state index in [-0.39, 0.29) is 5.56 Å². The number of aromatic amines is 1. The zero-order chi connectivity index (χ0) is 9.97. The van der Waals surface area contributed by atoms with Gasteiger partial charge in [0.05, 0.1) is 6.33 Å². The van der Waals surface area contributed by atoms with Gasteiger partial charge in [-0.05, 0) is 27.7 Å². The lowest BCUT2D eigenvalue weighted by Crippen LogP contribution is -2.07. The quantitative estimate of drug-likeness (QED) is 0.850. The number of halogens is 1. The average Bonchev–Trinajstić information content (AvgIpc) is 2.66. The van der Waals surface area contributed by atoms with Crippen LogP contribution in [0.15, 0.2) is 30.5 Å². The van der Waals surface area contributed by atoms with Gasteiger partial charge in [0, 0.05) is 0 Å². The van der Waals surface area contributed by atoms with Crippen molar-refractivity contribution in [3.8, 4) is 0 Å². The molecule has 0 saturated carbocycles. The van der Waals surface area contributed by atoms with Gasteiger partial charge in [-0.2, -0.15) is 0 Å². The monoisotopic (exact) mass is 290 g/mol. The first kappa shape index (κ1) is 9.81. The second kappa shape index (κ2) is 4.20. The van der Waals surface area contributed by atoms with Gasteiger partial charge in [0.2, 0.25) is 0 Å². The minimum Gasteiger partial charge on any atom is -0.312 e. The minimum absolute atomic E-state index is 0.202. The maximum atomic E-state index is 11.2. The van der Waals surface area contributed by atoms with E-state index in [9.17, 15) is 4.79 Å². The van der Waals surface area contributed by atoms with Crippen LogP contribution in [-0.4, -0.2) is 20.2 Å². The van der Waals surface area contributed by atoms with Crippen LogP contribution in [-0.2, 0) is 0 Å². The Hall–Kier alpha value is -0.730. The Balaban J connectivity index is 2.34. The van der Waals surface area contributed by atoms with Crippen molar-refractivity contribution < 1.29 is 0 Å². The highest BCUT2D eigenvalue weighted by Crippen LogP contribution is 2.29. The van der Waals surface area contributed by atoms with Crippen LogP contribution in [0.5, 0.6) is 0 Å². The predicted octanol–water partition coefficient (Wildman–Crippen LogP) is 1.54. The lowest BCUT2D eigenvalue weighted by atomic mass is 10.7. The van der Waals surface area contributed by atoms with E-state index < -0.39 is 0 Å². The minimum atomic E-state index is -0.202. The Labute approximate surface area is 95.1 Å². The van der Waals surface area contributed by atoms with Crippen LogP contribution in [0.4, 0.5) is 0 Å². The highest BCUT2D eigenvalue weighted by atomic mass is 79.9. The SMILES string of the molecule is O=c1[nH]cnc(Sc2nncs2)c1Br. The van der Waals surface area contributed by atoms with Crippen molar-refractivity contribution in [3.63, 3.8) is 0 Å². The zero-order valence-corrected chi connectivity index (χ0v) is 9.82. The maximum Gasteiger partial charge on any atom is 0.266 e. The van der Waals surface area contributed by atoms with Crippen molar-refractivity contribution in [2.24, 2.45) is 0 Å². The van der Waals surface area contributed by atoms with Crippen molar-refractivity contribution in [3.05, 3.63) is 26.7 Å². The summed E-state index contributed by atoms with van der Waals surface area (Å²) in [5.41, 5.74) is 1.43. The lowest BCUT2D eigenvalue weighted by molar-refractivity contribution is 0.975. The molecule has 2 rings (SSSR count). The first-order valence-corrected chi connectivity index (χ1v) is 5.93. The van der Waals surface area contributed by atoms with E-state index in [1.165, 1.54) is 29.4 Å². The molecule has 0 aromatic carbocycles. The van der Waals surface area contributed by atoms with Crippen LogP contribution in [0.1, 0.15) is 0 Å². The molecule has 0 aliphatic heterocycles. The molecule has 0 bridgehead atoms. The van der Waals surface area contributed by atoms with E-state index in [4.69, 9.17) is 0 Å². The fraction of sp³-hybridized carbons (Fsp3) is 0. The molecule has 2 heterocycles. The van der Waals surface area contributed by atoms with Crippen molar-refractivity contribution in [1.82, 2.24) is 20.2 Å². The maximum absolute atomic E-state index is 11.2. The van der Waals surface area contributed by atoms with Crippen molar-refractivity contribution in [1.29, 1.82) is 0 Å². The molecule has 14 heavy (non-hydrogen) atoms. The van der Waals surface area contributed by atoms with Crippen LogP contribution >= 0.6 is 39.0 Å². The molecule has 0 saturated heterocycles. The van der Waals surface area contributed by atoms with Crippen LogP contribution in [0, 0.1) is 0 Å². The molecular weight excluding hydrogens is 288 g/mol. The average molecular weight is 291 g/mol. The fourth-order valence-corrected chi connectivity index (χ4v) is 2.57. The number of hydrogen-bond donors (Lipinski definition) is 1. The molecule has 0 fully saturated rings. The van der Waals surface area contributed by atoms with Gasteiger partial charge in [-0.15, -0.1) is 10.2 Å². The Bertz CT molecular complexity index is 483. The molecule has 0 unspecified atom stereocenters. The Kier molecular flexibility index (Phi) is 2.94. The molecule has 0 amide bonds. The normalized spacial score (nSPS) is 10.4.